The van der Waals surface area contributed by atoms with Crippen molar-refractivity contribution in [1.29, 1.82) is 0 Å². The maximum atomic E-state index is 12.3. The smallest absolute Gasteiger partial charge is 0.395 e. The van der Waals surface area contributed by atoms with Crippen molar-refractivity contribution < 1.29 is 18.9 Å². The third-order valence-electron chi connectivity index (χ3n) is 3.65. The minimum Gasteiger partial charge on any atom is -0.395 e. The van der Waals surface area contributed by atoms with Crippen LogP contribution in [0.1, 0.15) is 26.5 Å². The van der Waals surface area contributed by atoms with Gasteiger partial charge in [0.15, 0.2) is 5.76 Å². The zero-order chi connectivity index (χ0) is 19.4. The molecule has 2 amide bonds. The van der Waals surface area contributed by atoms with Crippen LogP contribution in [-0.2, 0) is 0 Å². The number of anilines is 2. The molecule has 0 aliphatic rings. The molecule has 0 unspecified atom stereocenters. The van der Waals surface area contributed by atoms with Crippen molar-refractivity contribution in [2.45, 2.75) is 6.92 Å². The molecule has 0 aliphatic carbocycles. The van der Waals surface area contributed by atoms with Crippen molar-refractivity contribution in [3.05, 3.63) is 87.7 Å². The minimum absolute atomic E-state index is 0.184. The van der Waals surface area contributed by atoms with Gasteiger partial charge >= 0.3 is 5.88 Å². The van der Waals surface area contributed by atoms with Crippen molar-refractivity contribution in [1.82, 2.24) is 0 Å². The van der Waals surface area contributed by atoms with Gasteiger partial charge in [-0.1, -0.05) is 23.8 Å². The second kappa shape index (κ2) is 7.52. The quantitative estimate of drug-likeness (QED) is 0.524. The standard InChI is InChI=1S/C19H15N3O5/c1-12-4-2-5-13(10-12)18(23)20-14-6-3-7-15(11-14)21-19(24)16-8-9-17(27-16)22(25)26/h2-11H,1H3,(H,20,23)(H,21,24). The molecule has 0 bridgehead atoms. The average molecular weight is 365 g/mol. The number of carbonyl (C=O) groups is 2. The highest BCUT2D eigenvalue weighted by molar-refractivity contribution is 6.05. The van der Waals surface area contributed by atoms with Gasteiger partial charge in [-0.25, -0.2) is 0 Å². The fourth-order valence-electron chi connectivity index (χ4n) is 2.40. The Morgan fingerprint density at radius 3 is 2.22 bits per heavy atom. The first-order valence-electron chi connectivity index (χ1n) is 7.96. The van der Waals surface area contributed by atoms with Gasteiger partial charge in [0.05, 0.1) is 6.07 Å². The van der Waals surface area contributed by atoms with E-state index in [1.165, 1.54) is 6.07 Å². The molecule has 0 fully saturated rings. The maximum absolute atomic E-state index is 12.3. The van der Waals surface area contributed by atoms with E-state index in [1.807, 2.05) is 13.0 Å². The second-order valence-electron chi connectivity index (χ2n) is 5.75. The normalized spacial score (nSPS) is 10.3. The molecular formula is C19H15N3O5. The summed E-state index contributed by atoms with van der Waals surface area (Å²) in [6.07, 6.45) is 0. The van der Waals surface area contributed by atoms with Crippen LogP contribution in [0, 0.1) is 17.0 Å². The SMILES string of the molecule is Cc1cccc(C(=O)Nc2cccc(NC(=O)c3ccc([N+](=O)[O-])o3)c2)c1. The number of hydrogen-bond donors (Lipinski definition) is 2. The first-order chi connectivity index (χ1) is 12.9. The van der Waals surface area contributed by atoms with Gasteiger partial charge in [-0.2, -0.15) is 0 Å². The zero-order valence-electron chi connectivity index (χ0n) is 14.3. The Morgan fingerprint density at radius 1 is 0.926 bits per heavy atom. The summed E-state index contributed by atoms with van der Waals surface area (Å²) in [5, 5.41) is 15.9. The van der Waals surface area contributed by atoms with Crippen LogP contribution in [0.2, 0.25) is 0 Å². The molecule has 27 heavy (non-hydrogen) atoms. The van der Waals surface area contributed by atoms with Crippen molar-refractivity contribution in [3.63, 3.8) is 0 Å². The Hall–Kier alpha value is -3.94. The zero-order valence-corrected chi connectivity index (χ0v) is 14.3. The van der Waals surface area contributed by atoms with Crippen molar-refractivity contribution in [3.8, 4) is 0 Å². The predicted octanol–water partition coefficient (Wildman–Crippen LogP) is 4.00. The fraction of sp³-hybridized carbons (Fsp3) is 0.0526. The second-order valence-corrected chi connectivity index (χ2v) is 5.75. The van der Waals surface area contributed by atoms with Gasteiger partial charge in [0, 0.05) is 16.9 Å². The van der Waals surface area contributed by atoms with Crippen LogP contribution in [0.25, 0.3) is 0 Å². The van der Waals surface area contributed by atoms with Crippen LogP contribution in [-0.4, -0.2) is 16.7 Å². The van der Waals surface area contributed by atoms with Gasteiger partial charge in [-0.15, -0.1) is 0 Å². The Bertz CT molecular complexity index is 1030. The molecule has 0 radical (unpaired) electrons. The van der Waals surface area contributed by atoms with Gasteiger partial charge in [0.1, 0.15) is 4.92 Å². The largest absolute Gasteiger partial charge is 0.433 e. The molecule has 2 N–H and O–H groups in total. The number of amides is 2. The lowest BCUT2D eigenvalue weighted by Gasteiger charge is -2.08. The molecule has 1 aromatic heterocycles. The Labute approximate surface area is 154 Å². The van der Waals surface area contributed by atoms with Gasteiger partial charge in [0.2, 0.25) is 0 Å². The van der Waals surface area contributed by atoms with E-state index in [0.717, 1.165) is 11.6 Å². The molecule has 8 nitrogen and oxygen atoms in total. The molecule has 0 saturated carbocycles. The van der Waals surface area contributed by atoms with E-state index >= 15 is 0 Å². The van der Waals surface area contributed by atoms with Crippen molar-refractivity contribution in [2.75, 3.05) is 10.6 Å². The highest BCUT2D eigenvalue weighted by Crippen LogP contribution is 2.20. The summed E-state index contributed by atoms with van der Waals surface area (Å²) in [4.78, 5) is 34.3. The molecule has 0 saturated heterocycles. The Morgan fingerprint density at radius 2 is 1.59 bits per heavy atom. The van der Waals surface area contributed by atoms with Crippen LogP contribution in [0.4, 0.5) is 17.3 Å². The number of rotatable bonds is 5. The third-order valence-corrected chi connectivity index (χ3v) is 3.65. The highest BCUT2D eigenvalue weighted by Gasteiger charge is 2.17. The van der Waals surface area contributed by atoms with E-state index in [2.05, 4.69) is 10.6 Å². The summed E-state index contributed by atoms with van der Waals surface area (Å²) in [6, 6.07) is 16.0. The van der Waals surface area contributed by atoms with E-state index in [9.17, 15) is 19.7 Å². The Kier molecular flexibility index (Phi) is 4.98. The van der Waals surface area contributed by atoms with E-state index in [-0.39, 0.29) is 11.7 Å². The molecule has 8 heteroatoms. The van der Waals surface area contributed by atoms with Crippen molar-refractivity contribution in [2.24, 2.45) is 0 Å². The van der Waals surface area contributed by atoms with Crippen molar-refractivity contribution >= 4 is 29.1 Å². The summed E-state index contributed by atoms with van der Waals surface area (Å²) in [6.45, 7) is 1.89. The fourth-order valence-corrected chi connectivity index (χ4v) is 2.40. The summed E-state index contributed by atoms with van der Waals surface area (Å²) < 4.78 is 4.86. The lowest BCUT2D eigenvalue weighted by Crippen LogP contribution is -2.13. The molecule has 1 heterocycles. The van der Waals surface area contributed by atoms with E-state index < -0.39 is 16.7 Å². The number of carbonyl (C=O) groups excluding carboxylic acids is 2. The number of nitro groups is 1. The number of nitrogens with zero attached hydrogens (tertiary/aromatic N) is 1. The first kappa shape index (κ1) is 17.9. The summed E-state index contributed by atoms with van der Waals surface area (Å²) in [7, 11) is 0. The average Bonchev–Trinajstić information content (AvgIpc) is 3.12. The van der Waals surface area contributed by atoms with Gasteiger partial charge in [-0.3, -0.25) is 19.7 Å². The van der Waals surface area contributed by atoms with E-state index in [1.54, 1.807) is 42.5 Å². The molecule has 0 spiro atoms. The monoisotopic (exact) mass is 365 g/mol. The van der Waals surface area contributed by atoms with Crippen LogP contribution < -0.4 is 10.6 Å². The van der Waals surface area contributed by atoms with Crippen LogP contribution in [0.3, 0.4) is 0 Å². The van der Waals surface area contributed by atoms with Crippen LogP contribution in [0.15, 0.2) is 65.1 Å². The number of benzene rings is 2. The summed E-state index contributed by atoms with van der Waals surface area (Å²) in [5.41, 5.74) is 2.38. The molecule has 3 aromatic rings. The number of hydrogen-bond acceptors (Lipinski definition) is 5. The van der Waals surface area contributed by atoms with Crippen LogP contribution in [0.5, 0.6) is 0 Å². The van der Waals surface area contributed by atoms with E-state index in [4.69, 9.17) is 4.42 Å². The molecule has 0 atom stereocenters. The predicted molar refractivity (Wildman–Crippen MR) is 98.9 cm³/mol. The molecule has 136 valence electrons. The van der Waals surface area contributed by atoms with Gasteiger partial charge in [0.25, 0.3) is 11.8 Å². The lowest BCUT2D eigenvalue weighted by molar-refractivity contribution is -0.402. The Balaban J connectivity index is 1.70. The van der Waals surface area contributed by atoms with Crippen LogP contribution >= 0.6 is 0 Å². The van der Waals surface area contributed by atoms with E-state index in [0.29, 0.717) is 16.9 Å². The summed E-state index contributed by atoms with van der Waals surface area (Å²) in [5.74, 6) is -1.61. The molecule has 3 rings (SSSR count). The minimum atomic E-state index is -0.724. The first-order valence-corrected chi connectivity index (χ1v) is 7.96. The number of nitrogens with one attached hydrogen (secondary N) is 2. The lowest BCUT2D eigenvalue weighted by atomic mass is 10.1. The summed E-state index contributed by atoms with van der Waals surface area (Å²) >= 11 is 0. The number of furan rings is 1. The molecule has 2 aromatic carbocycles. The molecular weight excluding hydrogens is 350 g/mol. The third kappa shape index (κ3) is 4.37. The highest BCUT2D eigenvalue weighted by atomic mass is 16.6. The maximum Gasteiger partial charge on any atom is 0.433 e. The topological polar surface area (TPSA) is 114 Å². The van der Waals surface area contributed by atoms with Gasteiger partial charge in [-0.05, 0) is 43.3 Å². The number of aryl methyl sites for hydroxylation is 1. The van der Waals surface area contributed by atoms with Gasteiger partial charge < -0.3 is 15.1 Å². The molecule has 0 aliphatic heterocycles.